The Hall–Kier alpha value is -2.50. The van der Waals surface area contributed by atoms with Crippen LogP contribution >= 0.6 is 0 Å². The molecule has 1 aliphatic carbocycles. The van der Waals surface area contributed by atoms with Gasteiger partial charge in [-0.1, -0.05) is 25.0 Å². The van der Waals surface area contributed by atoms with Gasteiger partial charge in [-0.3, -0.25) is 4.79 Å². The summed E-state index contributed by atoms with van der Waals surface area (Å²) in [6.45, 7) is 1.54. The third kappa shape index (κ3) is 4.26. The topological polar surface area (TPSA) is 49.3 Å². The van der Waals surface area contributed by atoms with Crippen LogP contribution in [0.25, 0.3) is 11.1 Å². The molecule has 0 unspecified atom stereocenters. The number of amides is 1. The van der Waals surface area contributed by atoms with E-state index >= 15 is 0 Å². The van der Waals surface area contributed by atoms with Gasteiger partial charge in [0, 0.05) is 50.8 Å². The summed E-state index contributed by atoms with van der Waals surface area (Å²) in [6, 6.07) is 6.49. The van der Waals surface area contributed by atoms with E-state index in [4.69, 9.17) is 4.98 Å². The number of likely N-dealkylation sites (tertiary alicyclic amines) is 1. The lowest BCUT2D eigenvalue weighted by Crippen LogP contribution is -2.42. The molecule has 1 aromatic carbocycles. The molecule has 5 nitrogen and oxygen atoms in total. The number of carbonyl (C=O) groups is 1. The Balaban J connectivity index is 1.65. The van der Waals surface area contributed by atoms with Gasteiger partial charge >= 0.3 is 0 Å². The Morgan fingerprint density at radius 3 is 2.52 bits per heavy atom. The largest absolute Gasteiger partial charge is 0.347 e. The smallest absolute Gasteiger partial charge is 0.225 e. The molecule has 2 aromatic rings. The molecule has 0 bridgehead atoms. The quantitative estimate of drug-likeness (QED) is 0.775. The second-order valence-corrected chi connectivity index (χ2v) is 8.48. The van der Waals surface area contributed by atoms with Crippen LogP contribution in [0, 0.1) is 11.7 Å². The van der Waals surface area contributed by atoms with Crippen molar-refractivity contribution in [3.8, 4) is 11.1 Å². The van der Waals surface area contributed by atoms with Crippen molar-refractivity contribution in [3.63, 3.8) is 0 Å². The summed E-state index contributed by atoms with van der Waals surface area (Å²) in [5, 5.41) is 0. The maximum Gasteiger partial charge on any atom is 0.225 e. The minimum atomic E-state index is -0.257. The molecule has 4 rings (SSSR count). The first-order valence-electron chi connectivity index (χ1n) is 10.6. The highest BCUT2D eigenvalue weighted by Crippen LogP contribution is 2.35. The molecule has 1 atom stereocenters. The maximum atomic E-state index is 13.4. The van der Waals surface area contributed by atoms with Gasteiger partial charge in [0.25, 0.3) is 0 Å². The van der Waals surface area contributed by atoms with Crippen LogP contribution in [0.4, 0.5) is 10.3 Å². The molecule has 154 valence electrons. The molecule has 0 spiro atoms. The fourth-order valence-corrected chi connectivity index (χ4v) is 4.60. The van der Waals surface area contributed by atoms with E-state index < -0.39 is 0 Å². The Morgan fingerprint density at radius 2 is 1.83 bits per heavy atom. The normalized spacial score (nSPS) is 20.1. The van der Waals surface area contributed by atoms with E-state index in [1.165, 1.54) is 25.0 Å². The highest BCUT2D eigenvalue weighted by atomic mass is 19.1. The van der Waals surface area contributed by atoms with Gasteiger partial charge < -0.3 is 9.80 Å². The third-order valence-corrected chi connectivity index (χ3v) is 6.18. The zero-order valence-electron chi connectivity index (χ0n) is 17.3. The molecule has 1 aliphatic heterocycles. The first-order chi connectivity index (χ1) is 14.0. The molecule has 2 heterocycles. The van der Waals surface area contributed by atoms with Gasteiger partial charge in [0.15, 0.2) is 0 Å². The van der Waals surface area contributed by atoms with Crippen LogP contribution in [0.3, 0.4) is 0 Å². The van der Waals surface area contributed by atoms with Gasteiger partial charge in [0.1, 0.15) is 5.82 Å². The lowest BCUT2D eigenvalue weighted by Gasteiger charge is -2.35. The molecule has 6 heteroatoms. The number of rotatable bonds is 4. The summed E-state index contributed by atoms with van der Waals surface area (Å²) < 4.78 is 13.4. The van der Waals surface area contributed by atoms with Gasteiger partial charge in [0.2, 0.25) is 11.9 Å². The number of halogens is 1. The van der Waals surface area contributed by atoms with Gasteiger partial charge in [-0.25, -0.2) is 14.4 Å². The third-order valence-electron chi connectivity index (χ3n) is 6.18. The number of anilines is 1. The molecular formula is C23H29FN4O. The van der Waals surface area contributed by atoms with Crippen molar-refractivity contribution in [2.24, 2.45) is 5.92 Å². The number of aromatic nitrogens is 2. The van der Waals surface area contributed by atoms with Crippen molar-refractivity contribution in [3.05, 3.63) is 42.0 Å². The Kier molecular flexibility index (Phi) is 5.79. The Labute approximate surface area is 172 Å². The molecule has 0 radical (unpaired) electrons. The number of carbonyl (C=O) groups excluding carboxylic acids is 1. The second kappa shape index (κ2) is 8.47. The summed E-state index contributed by atoms with van der Waals surface area (Å²) in [5.74, 6) is 1.08. The lowest BCUT2D eigenvalue weighted by molar-refractivity contribution is -0.136. The van der Waals surface area contributed by atoms with Crippen molar-refractivity contribution < 1.29 is 9.18 Å². The fraction of sp³-hybridized carbons (Fsp3) is 0.522. The summed E-state index contributed by atoms with van der Waals surface area (Å²) in [5.41, 5.74) is 2.79. The van der Waals surface area contributed by atoms with Gasteiger partial charge in [-0.05, 0) is 43.4 Å². The van der Waals surface area contributed by atoms with Crippen molar-refractivity contribution in [2.75, 3.05) is 32.1 Å². The van der Waals surface area contributed by atoms with E-state index in [0.29, 0.717) is 18.4 Å². The highest BCUT2D eigenvalue weighted by molar-refractivity contribution is 5.79. The Bertz CT molecular complexity index is 862. The summed E-state index contributed by atoms with van der Waals surface area (Å²) in [4.78, 5) is 26.3. The minimum absolute atomic E-state index is 0.163. The first-order valence-corrected chi connectivity index (χ1v) is 10.6. The van der Waals surface area contributed by atoms with Crippen LogP contribution in [-0.4, -0.2) is 48.0 Å². The molecule has 1 saturated heterocycles. The van der Waals surface area contributed by atoms with E-state index in [9.17, 15) is 9.18 Å². The molecule has 2 aliphatic rings. The molecule has 29 heavy (non-hydrogen) atoms. The van der Waals surface area contributed by atoms with Crippen LogP contribution in [0.15, 0.2) is 30.5 Å². The van der Waals surface area contributed by atoms with Gasteiger partial charge in [-0.2, -0.15) is 0 Å². The van der Waals surface area contributed by atoms with Crippen LogP contribution < -0.4 is 4.90 Å². The second-order valence-electron chi connectivity index (χ2n) is 8.48. The van der Waals surface area contributed by atoms with E-state index in [-0.39, 0.29) is 17.7 Å². The predicted molar refractivity (Wildman–Crippen MR) is 112 cm³/mol. The van der Waals surface area contributed by atoms with E-state index in [1.54, 1.807) is 12.1 Å². The predicted octanol–water partition coefficient (Wildman–Crippen LogP) is 4.24. The number of hydrogen-bond acceptors (Lipinski definition) is 4. The fourth-order valence-electron chi connectivity index (χ4n) is 4.60. The van der Waals surface area contributed by atoms with Crippen LogP contribution in [0.5, 0.6) is 0 Å². The van der Waals surface area contributed by atoms with E-state index in [1.807, 2.05) is 25.2 Å². The monoisotopic (exact) mass is 396 g/mol. The average Bonchev–Trinajstić information content (AvgIpc) is 3.28. The average molecular weight is 397 g/mol. The molecule has 1 amide bonds. The van der Waals surface area contributed by atoms with Gasteiger partial charge in [-0.15, -0.1) is 0 Å². The van der Waals surface area contributed by atoms with Crippen molar-refractivity contribution >= 4 is 11.9 Å². The summed E-state index contributed by atoms with van der Waals surface area (Å²) in [6.07, 6.45) is 8.20. The van der Waals surface area contributed by atoms with Crippen LogP contribution in [0.1, 0.15) is 50.1 Å². The first kappa shape index (κ1) is 19.8. The molecule has 1 aromatic heterocycles. The van der Waals surface area contributed by atoms with Crippen molar-refractivity contribution in [2.45, 2.75) is 44.4 Å². The standard InChI is InChI=1S/C23H29FN4O/c1-27(2)23-25-14-20(16-9-11-19(24)12-10-16)21(26-23)18-8-5-13-28(15-18)22(29)17-6-3-4-7-17/h9-12,14,17-18H,3-8,13,15H2,1-2H3/t18-/m0/s1. The number of piperidine rings is 1. The molecule has 2 fully saturated rings. The number of benzene rings is 1. The van der Waals surface area contributed by atoms with Crippen LogP contribution in [0.2, 0.25) is 0 Å². The number of hydrogen-bond donors (Lipinski definition) is 0. The maximum absolute atomic E-state index is 13.4. The zero-order valence-corrected chi connectivity index (χ0v) is 17.3. The molecule has 1 saturated carbocycles. The summed E-state index contributed by atoms with van der Waals surface area (Å²) >= 11 is 0. The van der Waals surface area contributed by atoms with Crippen molar-refractivity contribution in [1.82, 2.24) is 14.9 Å². The van der Waals surface area contributed by atoms with Gasteiger partial charge in [0.05, 0.1) is 5.69 Å². The van der Waals surface area contributed by atoms with Crippen LogP contribution in [-0.2, 0) is 4.79 Å². The zero-order chi connectivity index (χ0) is 20.4. The van der Waals surface area contributed by atoms with E-state index in [0.717, 1.165) is 49.0 Å². The molecule has 0 N–H and O–H groups in total. The SMILES string of the molecule is CN(C)c1ncc(-c2ccc(F)cc2)c([C@H]2CCCN(C(=O)C3CCCC3)C2)n1. The van der Waals surface area contributed by atoms with Crippen molar-refractivity contribution in [1.29, 1.82) is 0 Å². The molecular weight excluding hydrogens is 367 g/mol. The van der Waals surface area contributed by atoms with E-state index in [2.05, 4.69) is 9.88 Å². The minimum Gasteiger partial charge on any atom is -0.347 e. The Morgan fingerprint density at radius 1 is 1.10 bits per heavy atom. The summed E-state index contributed by atoms with van der Waals surface area (Å²) in [7, 11) is 3.85. The number of nitrogens with zero attached hydrogens (tertiary/aromatic N) is 4. The lowest BCUT2D eigenvalue weighted by atomic mass is 9.89. The highest BCUT2D eigenvalue weighted by Gasteiger charge is 2.32.